The van der Waals surface area contributed by atoms with E-state index in [2.05, 4.69) is 19.9 Å². The molecule has 0 unspecified atom stereocenters. The van der Waals surface area contributed by atoms with E-state index in [4.69, 9.17) is 0 Å². The van der Waals surface area contributed by atoms with Gasteiger partial charge in [-0.15, -0.1) is 0 Å². The van der Waals surface area contributed by atoms with Gasteiger partial charge in [-0.2, -0.15) is 0 Å². The number of hydrogen-bond acceptors (Lipinski definition) is 6. The van der Waals surface area contributed by atoms with Gasteiger partial charge in [0.25, 0.3) is 0 Å². The van der Waals surface area contributed by atoms with Gasteiger partial charge in [0, 0.05) is 10.1 Å². The van der Waals surface area contributed by atoms with Gasteiger partial charge < -0.3 is 0 Å². The van der Waals surface area contributed by atoms with Crippen LogP contribution in [0.3, 0.4) is 0 Å². The van der Waals surface area contributed by atoms with Crippen LogP contribution in [0.4, 0.5) is 0 Å². The summed E-state index contributed by atoms with van der Waals surface area (Å²) in [5, 5.41) is 7.99. The van der Waals surface area contributed by atoms with E-state index in [0.29, 0.717) is 0 Å². The number of rotatable bonds is 3. The van der Waals surface area contributed by atoms with E-state index in [0.717, 1.165) is 0 Å². The zero-order chi connectivity index (χ0) is 13.0. The normalized spacial score (nSPS) is 12.1. The molecule has 0 aliphatic carbocycles. The minimum absolute atomic E-state index is 0.640. The fourth-order valence-corrected chi connectivity index (χ4v) is 0.340. The molecule has 0 saturated carbocycles. The van der Waals surface area contributed by atoms with Gasteiger partial charge in [0.1, 0.15) is 0 Å². The molecule has 0 aromatic carbocycles. The maximum atomic E-state index is 11.1. The fraction of sp³-hybridized carbons (Fsp3) is 0.800. The van der Waals surface area contributed by atoms with Crippen LogP contribution in [0.2, 0.25) is 0 Å². The highest BCUT2D eigenvalue weighted by atomic mass is 17.7. The van der Waals surface area contributed by atoms with Gasteiger partial charge in [-0.05, 0) is 41.5 Å². The Labute approximate surface area is 94.6 Å². The fourth-order valence-electron chi connectivity index (χ4n) is 0.340. The Hall–Kier alpha value is -1.14. The highest BCUT2D eigenvalue weighted by Gasteiger charge is 2.27. The van der Waals surface area contributed by atoms with Crippen LogP contribution in [0.1, 0.15) is 41.5 Å². The zero-order valence-corrected chi connectivity index (χ0v) is 10.4. The first kappa shape index (κ1) is 14.9. The highest BCUT2D eigenvalue weighted by molar-refractivity contribution is 5.75. The Morgan fingerprint density at radius 3 is 1.12 bits per heavy atom. The van der Waals surface area contributed by atoms with Crippen molar-refractivity contribution in [1.82, 2.24) is 0 Å². The van der Waals surface area contributed by atoms with E-state index in [1.807, 2.05) is 0 Å². The summed E-state index contributed by atoms with van der Waals surface area (Å²) >= 11 is 0. The van der Waals surface area contributed by atoms with Crippen molar-refractivity contribution >= 4 is 11.9 Å². The molecular weight excluding hydrogens is 216 g/mol. The van der Waals surface area contributed by atoms with Crippen LogP contribution in [0.25, 0.3) is 0 Å². The molecule has 0 saturated heterocycles. The predicted octanol–water partition coefficient (Wildman–Crippen LogP) is 1.94. The molecule has 0 atom stereocenters. The van der Waals surface area contributed by atoms with Gasteiger partial charge in [0.05, 0.1) is 10.8 Å². The van der Waals surface area contributed by atoms with Gasteiger partial charge in [0.15, 0.2) is 0 Å². The van der Waals surface area contributed by atoms with Gasteiger partial charge >= 0.3 is 11.9 Å². The lowest BCUT2D eigenvalue weighted by atomic mass is 9.98. The molecular formula is C10H18O6. The molecule has 0 bridgehead atoms. The molecule has 0 aromatic heterocycles. The Balaban J connectivity index is 3.79. The van der Waals surface area contributed by atoms with Gasteiger partial charge in [-0.3, -0.25) is 9.78 Å². The summed E-state index contributed by atoms with van der Waals surface area (Å²) in [6.07, 6.45) is 0. The van der Waals surface area contributed by atoms with Crippen molar-refractivity contribution in [3.05, 3.63) is 0 Å². The SMILES string of the molecule is CC(C)(C)C(=O)OOOOC(=O)C(C)(C)C. The molecule has 94 valence electrons. The molecule has 16 heavy (non-hydrogen) atoms. The Bertz CT molecular complexity index is 229. The van der Waals surface area contributed by atoms with Crippen LogP contribution in [0.5, 0.6) is 0 Å². The van der Waals surface area contributed by atoms with Gasteiger partial charge in [-0.1, -0.05) is 0 Å². The molecule has 0 rings (SSSR count). The molecule has 6 nitrogen and oxygen atoms in total. The van der Waals surface area contributed by atoms with Crippen LogP contribution in [-0.2, 0) is 29.4 Å². The van der Waals surface area contributed by atoms with Crippen molar-refractivity contribution in [1.29, 1.82) is 0 Å². The summed E-state index contributed by atoms with van der Waals surface area (Å²) in [6.45, 7) is 9.83. The van der Waals surface area contributed by atoms with Crippen molar-refractivity contribution in [3.63, 3.8) is 0 Å². The topological polar surface area (TPSA) is 71.1 Å². The first-order valence-corrected chi connectivity index (χ1v) is 4.82. The standard InChI is InChI=1S/C10H18O6/c1-9(2,3)7(11)13-15-16-14-8(12)10(4,5)6/h1-6H3. The predicted molar refractivity (Wildman–Crippen MR) is 53.3 cm³/mol. The van der Waals surface area contributed by atoms with E-state index in [9.17, 15) is 9.59 Å². The molecule has 6 heteroatoms. The van der Waals surface area contributed by atoms with Crippen molar-refractivity contribution in [2.75, 3.05) is 0 Å². The summed E-state index contributed by atoms with van der Waals surface area (Å²) in [5.41, 5.74) is -1.45. The number of carbonyl (C=O) groups is 2. The summed E-state index contributed by atoms with van der Waals surface area (Å²) < 4.78 is 0. The lowest BCUT2D eigenvalue weighted by Crippen LogP contribution is -2.25. The maximum absolute atomic E-state index is 11.1. The van der Waals surface area contributed by atoms with Crippen LogP contribution in [0, 0.1) is 10.8 Å². The molecule has 0 aromatic rings. The average molecular weight is 234 g/mol. The van der Waals surface area contributed by atoms with Crippen LogP contribution >= 0.6 is 0 Å². The molecule has 0 aliphatic heterocycles. The second-order valence-electron chi connectivity index (χ2n) is 5.38. The van der Waals surface area contributed by atoms with E-state index in [1.54, 1.807) is 41.5 Å². The summed E-state index contributed by atoms with van der Waals surface area (Å²) in [5.74, 6) is -1.28. The van der Waals surface area contributed by atoms with Crippen molar-refractivity contribution in [3.8, 4) is 0 Å². The molecule has 0 aliphatic rings. The smallest absolute Gasteiger partial charge is 0.265 e. The molecule has 0 N–H and O–H groups in total. The van der Waals surface area contributed by atoms with Crippen LogP contribution in [0.15, 0.2) is 0 Å². The van der Waals surface area contributed by atoms with Crippen molar-refractivity contribution in [2.24, 2.45) is 10.8 Å². The molecule has 0 heterocycles. The van der Waals surface area contributed by atoms with Crippen molar-refractivity contribution < 1.29 is 29.4 Å². The third-order valence-corrected chi connectivity index (χ3v) is 1.47. The van der Waals surface area contributed by atoms with Gasteiger partial charge in [0.2, 0.25) is 0 Å². The highest BCUT2D eigenvalue weighted by Crippen LogP contribution is 2.17. The van der Waals surface area contributed by atoms with Crippen LogP contribution in [-0.4, -0.2) is 11.9 Å². The summed E-state index contributed by atoms with van der Waals surface area (Å²) in [6, 6.07) is 0. The van der Waals surface area contributed by atoms with E-state index < -0.39 is 22.8 Å². The minimum Gasteiger partial charge on any atom is -0.265 e. The second kappa shape index (κ2) is 5.27. The summed E-state index contributed by atoms with van der Waals surface area (Å²) in [7, 11) is 0. The molecule has 0 radical (unpaired) electrons. The maximum Gasteiger partial charge on any atom is 0.351 e. The Kier molecular flexibility index (Phi) is 4.89. The third-order valence-electron chi connectivity index (χ3n) is 1.47. The summed E-state index contributed by atoms with van der Waals surface area (Å²) in [4.78, 5) is 30.7. The molecule has 0 spiro atoms. The quantitative estimate of drug-likeness (QED) is 0.422. The van der Waals surface area contributed by atoms with Gasteiger partial charge in [-0.25, -0.2) is 9.59 Å². The van der Waals surface area contributed by atoms with E-state index in [-0.39, 0.29) is 0 Å². The molecule has 0 amide bonds. The third kappa shape index (κ3) is 5.67. The zero-order valence-electron chi connectivity index (χ0n) is 10.4. The molecule has 0 fully saturated rings. The number of carbonyl (C=O) groups excluding carboxylic acids is 2. The monoisotopic (exact) mass is 234 g/mol. The minimum atomic E-state index is -0.725. The Morgan fingerprint density at radius 2 is 0.938 bits per heavy atom. The number of hydrogen-bond donors (Lipinski definition) is 0. The lowest BCUT2D eigenvalue weighted by molar-refractivity contribution is -0.602. The lowest BCUT2D eigenvalue weighted by Gasteiger charge is -2.15. The first-order valence-electron chi connectivity index (χ1n) is 4.82. The first-order chi connectivity index (χ1) is 7.05. The average Bonchev–Trinajstić information content (AvgIpc) is 2.08. The second-order valence-corrected chi connectivity index (χ2v) is 5.38. The van der Waals surface area contributed by atoms with E-state index in [1.165, 1.54) is 0 Å². The van der Waals surface area contributed by atoms with Crippen LogP contribution < -0.4 is 0 Å². The van der Waals surface area contributed by atoms with Crippen molar-refractivity contribution in [2.45, 2.75) is 41.5 Å². The van der Waals surface area contributed by atoms with E-state index >= 15 is 0 Å². The Morgan fingerprint density at radius 1 is 0.688 bits per heavy atom. The largest absolute Gasteiger partial charge is 0.351 e.